The van der Waals surface area contributed by atoms with Gasteiger partial charge in [0, 0.05) is 30.9 Å². The highest BCUT2D eigenvalue weighted by Gasteiger charge is 2.36. The van der Waals surface area contributed by atoms with Gasteiger partial charge in [-0.1, -0.05) is 12.1 Å². The SMILES string of the molecule is CN(C(=O)Cc1cccc(NS(C)(=O)=O)c1)C1CC2CCC(C1)N2. The van der Waals surface area contributed by atoms with Crippen molar-refractivity contribution in [1.29, 1.82) is 0 Å². The molecule has 0 saturated carbocycles. The molecule has 0 spiro atoms. The van der Waals surface area contributed by atoms with E-state index in [0.717, 1.165) is 24.7 Å². The number of rotatable bonds is 5. The summed E-state index contributed by atoms with van der Waals surface area (Å²) >= 11 is 0. The third-order valence-corrected chi connectivity index (χ3v) is 5.58. The van der Waals surface area contributed by atoms with E-state index in [1.54, 1.807) is 18.2 Å². The number of amides is 1. The van der Waals surface area contributed by atoms with Crippen molar-refractivity contribution in [2.75, 3.05) is 18.0 Å². The molecule has 0 radical (unpaired) electrons. The number of fused-ring (bicyclic) bond motifs is 2. The predicted octanol–water partition coefficient (Wildman–Crippen LogP) is 1.34. The molecule has 2 saturated heterocycles. The van der Waals surface area contributed by atoms with Crippen LogP contribution in [-0.2, 0) is 21.2 Å². The zero-order valence-electron chi connectivity index (χ0n) is 14.2. The van der Waals surface area contributed by atoms with Gasteiger partial charge in [0.05, 0.1) is 12.7 Å². The van der Waals surface area contributed by atoms with Gasteiger partial charge in [0.15, 0.2) is 0 Å². The van der Waals surface area contributed by atoms with Gasteiger partial charge >= 0.3 is 0 Å². The highest BCUT2D eigenvalue weighted by molar-refractivity contribution is 7.92. The standard InChI is InChI=1S/C17H25N3O3S/c1-20(16-10-13-6-7-14(11-16)18-13)17(21)9-12-4-3-5-15(8-12)19-24(2,22)23/h3-5,8,13-14,16,18-19H,6-7,9-11H2,1-2H3. The largest absolute Gasteiger partial charge is 0.342 e. The van der Waals surface area contributed by atoms with Crippen molar-refractivity contribution < 1.29 is 13.2 Å². The monoisotopic (exact) mass is 351 g/mol. The zero-order chi connectivity index (χ0) is 17.3. The topological polar surface area (TPSA) is 78.5 Å². The molecule has 7 heteroatoms. The Labute approximate surface area is 143 Å². The van der Waals surface area contributed by atoms with Crippen LogP contribution in [-0.4, -0.2) is 50.7 Å². The molecule has 0 aliphatic carbocycles. The molecular weight excluding hydrogens is 326 g/mol. The number of piperidine rings is 1. The van der Waals surface area contributed by atoms with Crippen molar-refractivity contribution in [3.8, 4) is 0 Å². The molecule has 2 fully saturated rings. The first-order valence-electron chi connectivity index (χ1n) is 8.38. The van der Waals surface area contributed by atoms with Crippen LogP contribution in [0.15, 0.2) is 24.3 Å². The highest BCUT2D eigenvalue weighted by atomic mass is 32.2. The molecule has 1 aromatic carbocycles. The quantitative estimate of drug-likeness (QED) is 0.839. The van der Waals surface area contributed by atoms with Crippen LogP contribution in [0.1, 0.15) is 31.2 Å². The minimum absolute atomic E-state index is 0.0813. The number of sulfonamides is 1. The van der Waals surface area contributed by atoms with Crippen LogP contribution in [0.3, 0.4) is 0 Å². The second kappa shape index (κ2) is 6.72. The minimum Gasteiger partial charge on any atom is -0.342 e. The number of nitrogens with zero attached hydrogens (tertiary/aromatic N) is 1. The molecule has 1 amide bonds. The maximum Gasteiger partial charge on any atom is 0.229 e. The summed E-state index contributed by atoms with van der Waals surface area (Å²) in [6, 6.07) is 8.42. The Morgan fingerprint density at radius 3 is 2.58 bits per heavy atom. The van der Waals surface area contributed by atoms with Crippen molar-refractivity contribution in [1.82, 2.24) is 10.2 Å². The molecule has 24 heavy (non-hydrogen) atoms. The summed E-state index contributed by atoms with van der Waals surface area (Å²) in [5.74, 6) is 0.0813. The second-order valence-electron chi connectivity index (χ2n) is 7.02. The molecular formula is C17H25N3O3S. The number of hydrogen-bond donors (Lipinski definition) is 2. The number of hydrogen-bond acceptors (Lipinski definition) is 4. The van der Waals surface area contributed by atoms with E-state index < -0.39 is 10.0 Å². The van der Waals surface area contributed by atoms with Crippen LogP contribution in [0.2, 0.25) is 0 Å². The molecule has 3 rings (SSSR count). The number of benzene rings is 1. The maximum absolute atomic E-state index is 12.6. The van der Waals surface area contributed by atoms with Crippen LogP contribution >= 0.6 is 0 Å². The highest BCUT2D eigenvalue weighted by Crippen LogP contribution is 2.29. The molecule has 132 valence electrons. The Kier molecular flexibility index (Phi) is 4.83. The van der Waals surface area contributed by atoms with Crippen LogP contribution in [0.4, 0.5) is 5.69 Å². The lowest BCUT2D eigenvalue weighted by Crippen LogP contribution is -2.49. The lowest BCUT2D eigenvalue weighted by molar-refractivity contribution is -0.131. The van der Waals surface area contributed by atoms with Gasteiger partial charge in [0.2, 0.25) is 15.9 Å². The van der Waals surface area contributed by atoms with Crippen molar-refractivity contribution in [3.05, 3.63) is 29.8 Å². The fourth-order valence-electron chi connectivity index (χ4n) is 3.81. The average Bonchev–Trinajstić information content (AvgIpc) is 2.83. The van der Waals surface area contributed by atoms with Crippen LogP contribution in [0, 0.1) is 0 Å². The normalized spacial score (nSPS) is 26.2. The first-order valence-corrected chi connectivity index (χ1v) is 10.3. The van der Waals surface area contributed by atoms with Crippen LogP contribution < -0.4 is 10.0 Å². The molecule has 2 bridgehead atoms. The average molecular weight is 351 g/mol. The van der Waals surface area contributed by atoms with Gasteiger partial charge in [-0.3, -0.25) is 9.52 Å². The Morgan fingerprint density at radius 2 is 1.96 bits per heavy atom. The number of anilines is 1. The third-order valence-electron chi connectivity index (χ3n) is 4.97. The Balaban J connectivity index is 1.63. The first kappa shape index (κ1) is 17.2. The van der Waals surface area contributed by atoms with Crippen molar-refractivity contribution in [2.45, 2.75) is 50.2 Å². The zero-order valence-corrected chi connectivity index (χ0v) is 15.0. The molecule has 1 aromatic rings. The summed E-state index contributed by atoms with van der Waals surface area (Å²) in [5.41, 5.74) is 1.31. The summed E-state index contributed by atoms with van der Waals surface area (Å²) in [4.78, 5) is 14.5. The maximum atomic E-state index is 12.6. The Morgan fingerprint density at radius 1 is 1.29 bits per heavy atom. The van der Waals surface area contributed by atoms with Gasteiger partial charge < -0.3 is 10.2 Å². The Hall–Kier alpha value is -1.60. The molecule has 2 N–H and O–H groups in total. The number of carbonyl (C=O) groups excluding carboxylic acids is 1. The first-order chi connectivity index (χ1) is 11.3. The predicted molar refractivity (Wildman–Crippen MR) is 94.4 cm³/mol. The second-order valence-corrected chi connectivity index (χ2v) is 8.77. The minimum atomic E-state index is -3.31. The van der Waals surface area contributed by atoms with Gasteiger partial charge in [0.25, 0.3) is 0 Å². The van der Waals surface area contributed by atoms with Crippen molar-refractivity contribution in [3.63, 3.8) is 0 Å². The summed E-state index contributed by atoms with van der Waals surface area (Å²) in [6.45, 7) is 0. The van der Waals surface area contributed by atoms with Gasteiger partial charge in [-0.2, -0.15) is 0 Å². The van der Waals surface area contributed by atoms with E-state index in [0.29, 0.717) is 23.8 Å². The summed E-state index contributed by atoms with van der Waals surface area (Å²) < 4.78 is 25.1. The molecule has 2 heterocycles. The molecule has 2 aliphatic heterocycles. The van der Waals surface area contributed by atoms with Gasteiger partial charge in [-0.25, -0.2) is 8.42 Å². The molecule has 2 atom stereocenters. The smallest absolute Gasteiger partial charge is 0.229 e. The molecule has 0 aromatic heterocycles. The van der Waals surface area contributed by atoms with E-state index in [1.807, 2.05) is 18.0 Å². The van der Waals surface area contributed by atoms with E-state index in [9.17, 15) is 13.2 Å². The molecule has 2 unspecified atom stereocenters. The number of likely N-dealkylation sites (N-methyl/N-ethyl adjacent to an activating group) is 1. The molecule has 2 aliphatic rings. The molecule has 6 nitrogen and oxygen atoms in total. The van der Waals surface area contributed by atoms with Gasteiger partial charge in [-0.15, -0.1) is 0 Å². The van der Waals surface area contributed by atoms with Crippen LogP contribution in [0.5, 0.6) is 0 Å². The summed E-state index contributed by atoms with van der Waals surface area (Å²) in [6.07, 6.45) is 5.87. The van der Waals surface area contributed by atoms with E-state index in [1.165, 1.54) is 12.8 Å². The fourth-order valence-corrected chi connectivity index (χ4v) is 4.36. The lowest BCUT2D eigenvalue weighted by atomic mass is 9.98. The summed E-state index contributed by atoms with van der Waals surface area (Å²) in [5, 5.41) is 3.59. The fraction of sp³-hybridized carbons (Fsp3) is 0.588. The van der Waals surface area contributed by atoms with Gasteiger partial charge in [-0.05, 0) is 43.4 Å². The van der Waals surface area contributed by atoms with Gasteiger partial charge in [0.1, 0.15) is 0 Å². The lowest BCUT2D eigenvalue weighted by Gasteiger charge is -2.35. The van der Waals surface area contributed by atoms with Crippen LogP contribution in [0.25, 0.3) is 0 Å². The number of nitrogens with one attached hydrogen (secondary N) is 2. The number of carbonyl (C=O) groups is 1. The summed E-state index contributed by atoms with van der Waals surface area (Å²) in [7, 11) is -1.43. The van der Waals surface area contributed by atoms with Crippen molar-refractivity contribution in [2.24, 2.45) is 0 Å². The van der Waals surface area contributed by atoms with E-state index in [2.05, 4.69) is 10.0 Å². The Bertz CT molecular complexity index is 708. The van der Waals surface area contributed by atoms with E-state index in [4.69, 9.17) is 0 Å². The van der Waals surface area contributed by atoms with E-state index in [-0.39, 0.29) is 12.3 Å². The van der Waals surface area contributed by atoms with Crippen molar-refractivity contribution >= 4 is 21.6 Å². The van der Waals surface area contributed by atoms with E-state index >= 15 is 0 Å². The third kappa shape index (κ3) is 4.27.